The van der Waals surface area contributed by atoms with Crippen molar-refractivity contribution in [2.24, 2.45) is 7.05 Å². The van der Waals surface area contributed by atoms with E-state index >= 15 is 0 Å². The van der Waals surface area contributed by atoms with Gasteiger partial charge in [0.1, 0.15) is 14.8 Å². The third-order valence-electron chi connectivity index (χ3n) is 2.67. The predicted octanol–water partition coefficient (Wildman–Crippen LogP) is 1.67. The number of benzene rings is 1. The predicted molar refractivity (Wildman–Crippen MR) is 68.4 cm³/mol. The van der Waals surface area contributed by atoms with Crippen molar-refractivity contribution in [1.29, 1.82) is 4.78 Å². The van der Waals surface area contributed by atoms with Crippen molar-refractivity contribution >= 4 is 15.7 Å². The Bertz CT molecular complexity index is 702. The minimum atomic E-state index is -3.13. The molecule has 0 aliphatic heterocycles. The van der Waals surface area contributed by atoms with Gasteiger partial charge in [0.2, 0.25) is 0 Å². The van der Waals surface area contributed by atoms with Crippen LogP contribution < -0.4 is 0 Å². The maximum atomic E-state index is 12.5. The monoisotopic (exact) mass is 279 g/mol. The standard InChI is InChI=1S/C12H13N3O3S/c1-15-8-14-7-11(15)19(13,17)10-5-3-9(4-6-10)12(16)18-2/h3-8,13H,1-2H3. The molecule has 19 heavy (non-hydrogen) atoms. The Kier molecular flexibility index (Phi) is 3.39. The second kappa shape index (κ2) is 4.85. The first-order chi connectivity index (χ1) is 8.96. The van der Waals surface area contributed by atoms with E-state index in [2.05, 4.69) is 9.72 Å². The summed E-state index contributed by atoms with van der Waals surface area (Å²) in [6, 6.07) is 5.97. The van der Waals surface area contributed by atoms with E-state index < -0.39 is 15.7 Å². The lowest BCUT2D eigenvalue weighted by molar-refractivity contribution is 0.0600. The van der Waals surface area contributed by atoms with E-state index in [4.69, 9.17) is 4.78 Å². The number of hydrogen-bond donors (Lipinski definition) is 1. The molecule has 1 atom stereocenters. The summed E-state index contributed by atoms with van der Waals surface area (Å²) in [4.78, 5) is 15.5. The lowest BCUT2D eigenvalue weighted by Crippen LogP contribution is -2.06. The molecule has 2 aromatic rings. The molecule has 100 valence electrons. The minimum Gasteiger partial charge on any atom is -0.465 e. The van der Waals surface area contributed by atoms with E-state index in [1.165, 1.54) is 43.9 Å². The molecule has 1 aromatic carbocycles. The summed E-state index contributed by atoms with van der Waals surface area (Å²) < 4.78 is 26.7. The molecule has 6 nitrogen and oxygen atoms in total. The summed E-state index contributed by atoms with van der Waals surface area (Å²) in [7, 11) is -0.156. The van der Waals surface area contributed by atoms with E-state index in [1.807, 2.05) is 0 Å². The lowest BCUT2D eigenvalue weighted by atomic mass is 10.2. The number of carbonyl (C=O) groups excluding carboxylic acids is 1. The smallest absolute Gasteiger partial charge is 0.337 e. The number of hydrogen-bond acceptors (Lipinski definition) is 5. The Morgan fingerprint density at radius 1 is 1.37 bits per heavy atom. The number of aryl methyl sites for hydroxylation is 1. The van der Waals surface area contributed by atoms with Crippen molar-refractivity contribution in [2.45, 2.75) is 9.92 Å². The summed E-state index contributed by atoms with van der Waals surface area (Å²) >= 11 is 0. The molecule has 1 aromatic heterocycles. The van der Waals surface area contributed by atoms with Crippen LogP contribution in [0.15, 0.2) is 46.7 Å². The third-order valence-corrected chi connectivity index (χ3v) is 4.59. The van der Waals surface area contributed by atoms with E-state index in [-0.39, 0.29) is 0 Å². The topological polar surface area (TPSA) is 85.0 Å². The summed E-state index contributed by atoms with van der Waals surface area (Å²) in [5.41, 5.74) is 0.353. The normalized spacial score (nSPS) is 13.8. The van der Waals surface area contributed by atoms with E-state index in [0.717, 1.165) is 0 Å². The van der Waals surface area contributed by atoms with Crippen molar-refractivity contribution in [3.63, 3.8) is 0 Å². The number of rotatable bonds is 3. The molecular weight excluding hydrogens is 266 g/mol. The summed E-state index contributed by atoms with van der Waals surface area (Å²) in [5, 5.41) is 0.318. The van der Waals surface area contributed by atoms with Gasteiger partial charge in [-0.25, -0.2) is 18.8 Å². The van der Waals surface area contributed by atoms with Gasteiger partial charge in [-0.2, -0.15) is 0 Å². The van der Waals surface area contributed by atoms with Crippen LogP contribution in [-0.2, 0) is 21.5 Å². The van der Waals surface area contributed by atoms with E-state index in [1.54, 1.807) is 11.6 Å². The van der Waals surface area contributed by atoms with E-state index in [9.17, 15) is 9.00 Å². The van der Waals surface area contributed by atoms with Crippen LogP contribution in [0.4, 0.5) is 0 Å². The molecule has 0 radical (unpaired) electrons. The molecule has 7 heteroatoms. The van der Waals surface area contributed by atoms with Crippen LogP contribution >= 0.6 is 0 Å². The Morgan fingerprint density at radius 3 is 2.47 bits per heavy atom. The van der Waals surface area contributed by atoms with Crippen LogP contribution in [0.2, 0.25) is 0 Å². The molecule has 1 unspecified atom stereocenters. The van der Waals surface area contributed by atoms with Crippen molar-refractivity contribution < 1.29 is 13.7 Å². The molecule has 1 N–H and O–H groups in total. The zero-order valence-electron chi connectivity index (χ0n) is 10.5. The number of carbonyl (C=O) groups is 1. The summed E-state index contributed by atoms with van der Waals surface area (Å²) in [5.74, 6) is -0.469. The quantitative estimate of drug-likeness (QED) is 0.866. The second-order valence-electron chi connectivity index (χ2n) is 3.91. The van der Waals surface area contributed by atoms with Gasteiger partial charge < -0.3 is 9.30 Å². The van der Waals surface area contributed by atoms with Crippen molar-refractivity contribution in [3.05, 3.63) is 42.4 Å². The number of ether oxygens (including phenoxy) is 1. The second-order valence-corrected chi connectivity index (χ2v) is 5.92. The van der Waals surface area contributed by atoms with Gasteiger partial charge in [0.15, 0.2) is 0 Å². The maximum absolute atomic E-state index is 12.5. The lowest BCUT2D eigenvalue weighted by Gasteiger charge is -2.08. The van der Waals surface area contributed by atoms with Crippen LogP contribution in [0, 0.1) is 4.78 Å². The fourth-order valence-corrected chi connectivity index (χ4v) is 3.07. The number of esters is 1. The number of nitrogens with one attached hydrogen (secondary N) is 1. The van der Waals surface area contributed by atoms with Crippen LogP contribution in [0.3, 0.4) is 0 Å². The SMILES string of the molecule is COC(=O)c1ccc(S(=N)(=O)c2cncn2C)cc1. The van der Waals surface area contributed by atoms with Gasteiger partial charge in [-0.1, -0.05) is 0 Å². The zero-order chi connectivity index (χ0) is 14.0. The van der Waals surface area contributed by atoms with Gasteiger partial charge in [-0.15, -0.1) is 0 Å². The van der Waals surface area contributed by atoms with E-state index in [0.29, 0.717) is 15.5 Å². The minimum absolute atomic E-state index is 0.318. The zero-order valence-corrected chi connectivity index (χ0v) is 11.3. The highest BCUT2D eigenvalue weighted by molar-refractivity contribution is 7.92. The van der Waals surface area contributed by atoms with Crippen LogP contribution in [-0.4, -0.2) is 26.8 Å². The fourth-order valence-electron chi connectivity index (χ4n) is 1.64. The molecule has 0 bridgehead atoms. The molecule has 0 aliphatic carbocycles. The average molecular weight is 279 g/mol. The highest BCUT2D eigenvalue weighted by Gasteiger charge is 2.17. The number of aromatic nitrogens is 2. The number of imidazole rings is 1. The van der Waals surface area contributed by atoms with Gasteiger partial charge in [0, 0.05) is 7.05 Å². The number of methoxy groups -OCH3 is 1. The maximum Gasteiger partial charge on any atom is 0.337 e. The van der Waals surface area contributed by atoms with Crippen molar-refractivity contribution in [1.82, 2.24) is 9.55 Å². The van der Waals surface area contributed by atoms with Gasteiger partial charge in [-0.3, -0.25) is 0 Å². The molecule has 2 rings (SSSR count). The van der Waals surface area contributed by atoms with Crippen LogP contribution in [0.25, 0.3) is 0 Å². The Morgan fingerprint density at radius 2 is 2.00 bits per heavy atom. The summed E-state index contributed by atoms with van der Waals surface area (Å²) in [6.07, 6.45) is 2.90. The molecule has 1 heterocycles. The van der Waals surface area contributed by atoms with Gasteiger partial charge in [0.25, 0.3) is 0 Å². The van der Waals surface area contributed by atoms with Gasteiger partial charge in [0.05, 0.1) is 30.1 Å². The average Bonchev–Trinajstić information content (AvgIpc) is 2.85. The Balaban J connectivity index is 2.43. The molecule has 0 aliphatic rings. The van der Waals surface area contributed by atoms with Crippen molar-refractivity contribution in [3.8, 4) is 0 Å². The Hall–Kier alpha value is -2.15. The number of nitrogens with zero attached hydrogens (tertiary/aromatic N) is 2. The molecule has 0 amide bonds. The van der Waals surface area contributed by atoms with Crippen LogP contribution in [0.1, 0.15) is 10.4 Å². The fraction of sp³-hybridized carbons (Fsp3) is 0.167. The van der Waals surface area contributed by atoms with Crippen LogP contribution in [0.5, 0.6) is 0 Å². The third kappa shape index (κ3) is 2.37. The van der Waals surface area contributed by atoms with Gasteiger partial charge >= 0.3 is 5.97 Å². The highest BCUT2D eigenvalue weighted by atomic mass is 32.2. The first-order valence-electron chi connectivity index (χ1n) is 5.40. The highest BCUT2D eigenvalue weighted by Crippen LogP contribution is 2.21. The largest absolute Gasteiger partial charge is 0.465 e. The molecule has 0 spiro atoms. The molecule has 0 saturated heterocycles. The first-order valence-corrected chi connectivity index (χ1v) is 6.96. The Labute approximate surface area is 111 Å². The molecular formula is C12H13N3O3S. The van der Waals surface area contributed by atoms with Crippen molar-refractivity contribution in [2.75, 3.05) is 7.11 Å². The molecule has 0 fully saturated rings. The molecule has 0 saturated carbocycles. The first kappa shape index (κ1) is 13.3. The van der Waals surface area contributed by atoms with Gasteiger partial charge in [-0.05, 0) is 24.3 Å². The summed E-state index contributed by atoms with van der Waals surface area (Å²) in [6.45, 7) is 0.